The molecule has 1 aliphatic rings. The normalized spacial score (nSPS) is 15.4. The molecule has 7 heteroatoms. The highest BCUT2D eigenvalue weighted by Gasteiger charge is 2.29. The number of benzene rings is 2. The third-order valence-corrected chi connectivity index (χ3v) is 6.37. The Bertz CT molecular complexity index is 873. The fourth-order valence-corrected chi connectivity index (χ4v) is 4.70. The van der Waals surface area contributed by atoms with Gasteiger partial charge in [0.25, 0.3) is 5.91 Å². The van der Waals surface area contributed by atoms with Crippen LogP contribution in [0.3, 0.4) is 0 Å². The first-order valence-electron chi connectivity index (χ1n) is 8.57. The van der Waals surface area contributed by atoms with Crippen LogP contribution in [0.1, 0.15) is 29.6 Å². The second kappa shape index (κ2) is 7.88. The molecule has 138 valence electrons. The van der Waals surface area contributed by atoms with Crippen LogP contribution in [-0.4, -0.2) is 38.8 Å². The van der Waals surface area contributed by atoms with Gasteiger partial charge in [-0.2, -0.15) is 4.31 Å². The minimum absolute atomic E-state index is 0.0490. The summed E-state index contributed by atoms with van der Waals surface area (Å²) in [6, 6.07) is 13.2. The second-order valence-corrected chi connectivity index (χ2v) is 8.05. The van der Waals surface area contributed by atoms with Gasteiger partial charge in [0.2, 0.25) is 10.0 Å². The molecule has 0 atom stereocenters. The van der Waals surface area contributed by atoms with Crippen molar-refractivity contribution in [2.24, 2.45) is 0 Å². The number of carbonyl (C=O) groups is 1. The van der Waals surface area contributed by atoms with Crippen molar-refractivity contribution in [2.45, 2.75) is 24.2 Å². The number of hydrogen-bond donors (Lipinski definition) is 1. The summed E-state index contributed by atoms with van der Waals surface area (Å²) in [5.41, 5.74) is 0.717. The Balaban J connectivity index is 1.87. The number of amides is 1. The summed E-state index contributed by atoms with van der Waals surface area (Å²) in [5.74, 6) is 0.224. The molecule has 26 heavy (non-hydrogen) atoms. The summed E-state index contributed by atoms with van der Waals surface area (Å²) in [4.78, 5) is 12.7. The van der Waals surface area contributed by atoms with E-state index in [1.807, 2.05) is 0 Å². The molecule has 1 fully saturated rings. The number of piperidine rings is 1. The van der Waals surface area contributed by atoms with Gasteiger partial charge in [-0.1, -0.05) is 18.6 Å². The van der Waals surface area contributed by atoms with E-state index in [1.54, 1.807) is 43.5 Å². The molecule has 1 aliphatic heterocycles. The smallest absolute Gasteiger partial charge is 0.257 e. The van der Waals surface area contributed by atoms with Crippen molar-refractivity contribution in [3.05, 3.63) is 54.1 Å². The van der Waals surface area contributed by atoms with Crippen LogP contribution in [0, 0.1) is 0 Å². The molecule has 6 nitrogen and oxygen atoms in total. The van der Waals surface area contributed by atoms with Crippen LogP contribution in [0.4, 0.5) is 5.69 Å². The summed E-state index contributed by atoms with van der Waals surface area (Å²) in [7, 11) is -2.12. The highest BCUT2D eigenvalue weighted by molar-refractivity contribution is 7.89. The van der Waals surface area contributed by atoms with E-state index in [9.17, 15) is 13.2 Å². The van der Waals surface area contributed by atoms with Crippen LogP contribution >= 0.6 is 0 Å². The second-order valence-electron chi connectivity index (χ2n) is 6.14. The van der Waals surface area contributed by atoms with E-state index < -0.39 is 15.9 Å². The largest absolute Gasteiger partial charge is 0.497 e. The quantitative estimate of drug-likeness (QED) is 0.872. The number of nitrogens with zero attached hydrogens (tertiary/aromatic N) is 1. The number of nitrogens with one attached hydrogen (secondary N) is 1. The fourth-order valence-electron chi connectivity index (χ4n) is 3.00. The SMILES string of the molecule is COc1ccc(NC(=O)c2ccccc2S(=O)(=O)N2CCCCC2)cc1. The van der Waals surface area contributed by atoms with Crippen LogP contribution in [0.2, 0.25) is 0 Å². The predicted molar refractivity (Wildman–Crippen MR) is 100.0 cm³/mol. The predicted octanol–water partition coefficient (Wildman–Crippen LogP) is 3.12. The molecular weight excluding hydrogens is 352 g/mol. The lowest BCUT2D eigenvalue weighted by atomic mass is 10.2. The van der Waals surface area contributed by atoms with Crippen molar-refractivity contribution >= 4 is 21.6 Å². The lowest BCUT2D eigenvalue weighted by Crippen LogP contribution is -2.36. The Hall–Kier alpha value is -2.38. The molecule has 1 saturated heterocycles. The maximum atomic E-state index is 13.0. The topological polar surface area (TPSA) is 75.7 Å². The Labute approximate surface area is 153 Å². The van der Waals surface area contributed by atoms with Crippen molar-refractivity contribution in [1.82, 2.24) is 4.31 Å². The van der Waals surface area contributed by atoms with E-state index in [0.717, 1.165) is 19.3 Å². The summed E-state index contributed by atoms with van der Waals surface area (Å²) >= 11 is 0. The molecule has 0 unspecified atom stereocenters. The van der Waals surface area contributed by atoms with E-state index in [4.69, 9.17) is 4.74 Å². The summed E-state index contributed by atoms with van der Waals surface area (Å²) in [6.07, 6.45) is 2.73. The summed E-state index contributed by atoms with van der Waals surface area (Å²) < 4.78 is 32.5. The summed E-state index contributed by atoms with van der Waals surface area (Å²) in [5, 5.41) is 2.75. The molecule has 0 aliphatic carbocycles. The molecule has 3 rings (SSSR count). The fraction of sp³-hybridized carbons (Fsp3) is 0.316. The van der Waals surface area contributed by atoms with E-state index in [-0.39, 0.29) is 10.5 Å². The number of carbonyl (C=O) groups excluding carboxylic acids is 1. The zero-order valence-corrected chi connectivity index (χ0v) is 15.5. The van der Waals surface area contributed by atoms with Gasteiger partial charge in [0.15, 0.2) is 0 Å². The Morgan fingerprint density at radius 1 is 1.00 bits per heavy atom. The van der Waals surface area contributed by atoms with Gasteiger partial charge in [0.05, 0.1) is 17.6 Å². The van der Waals surface area contributed by atoms with Gasteiger partial charge < -0.3 is 10.1 Å². The number of sulfonamides is 1. The van der Waals surface area contributed by atoms with Crippen LogP contribution < -0.4 is 10.1 Å². The molecule has 1 heterocycles. The standard InChI is InChI=1S/C19H22N2O4S/c1-25-16-11-9-15(10-12-16)20-19(22)17-7-3-4-8-18(17)26(23,24)21-13-5-2-6-14-21/h3-4,7-12H,2,5-6,13-14H2,1H3,(H,20,22). The average molecular weight is 374 g/mol. The number of rotatable bonds is 5. The molecule has 0 saturated carbocycles. The third kappa shape index (κ3) is 3.89. The highest BCUT2D eigenvalue weighted by atomic mass is 32.2. The van der Waals surface area contributed by atoms with E-state index >= 15 is 0 Å². The molecule has 2 aromatic rings. The minimum atomic E-state index is -3.69. The van der Waals surface area contributed by atoms with E-state index in [2.05, 4.69) is 5.32 Å². The molecule has 0 aromatic heterocycles. The van der Waals surface area contributed by atoms with E-state index in [1.165, 1.54) is 16.4 Å². The first kappa shape index (κ1) is 18.4. The van der Waals surface area contributed by atoms with Crippen LogP contribution in [0.5, 0.6) is 5.75 Å². The monoisotopic (exact) mass is 374 g/mol. The molecule has 2 aromatic carbocycles. The zero-order valence-electron chi connectivity index (χ0n) is 14.6. The lowest BCUT2D eigenvalue weighted by Gasteiger charge is -2.26. The van der Waals surface area contributed by atoms with Gasteiger partial charge in [-0.25, -0.2) is 8.42 Å². The van der Waals surface area contributed by atoms with Gasteiger partial charge >= 0.3 is 0 Å². The maximum Gasteiger partial charge on any atom is 0.257 e. The van der Waals surface area contributed by atoms with Gasteiger partial charge in [-0.15, -0.1) is 0 Å². The van der Waals surface area contributed by atoms with Crippen molar-refractivity contribution in [3.63, 3.8) is 0 Å². The molecule has 0 spiro atoms. The minimum Gasteiger partial charge on any atom is -0.497 e. The first-order chi connectivity index (χ1) is 12.5. The summed E-state index contributed by atoms with van der Waals surface area (Å²) in [6.45, 7) is 0.994. The number of methoxy groups -OCH3 is 1. The van der Waals surface area contributed by atoms with Crippen molar-refractivity contribution < 1.29 is 17.9 Å². The molecule has 0 radical (unpaired) electrons. The van der Waals surface area contributed by atoms with Crippen molar-refractivity contribution in [2.75, 3.05) is 25.5 Å². The van der Waals surface area contributed by atoms with Crippen molar-refractivity contribution in [3.8, 4) is 5.75 Å². The van der Waals surface area contributed by atoms with Crippen LogP contribution in [0.15, 0.2) is 53.4 Å². The van der Waals surface area contributed by atoms with Gasteiger partial charge in [0.1, 0.15) is 5.75 Å². The Morgan fingerprint density at radius 3 is 2.31 bits per heavy atom. The maximum absolute atomic E-state index is 13.0. The Morgan fingerprint density at radius 2 is 1.65 bits per heavy atom. The molecular formula is C19H22N2O4S. The van der Waals surface area contributed by atoms with Crippen LogP contribution in [-0.2, 0) is 10.0 Å². The van der Waals surface area contributed by atoms with E-state index in [0.29, 0.717) is 24.5 Å². The van der Waals surface area contributed by atoms with Gasteiger partial charge in [0, 0.05) is 18.8 Å². The van der Waals surface area contributed by atoms with Crippen LogP contribution in [0.25, 0.3) is 0 Å². The first-order valence-corrected chi connectivity index (χ1v) is 10.0. The lowest BCUT2D eigenvalue weighted by molar-refractivity contribution is 0.102. The zero-order chi connectivity index (χ0) is 18.6. The van der Waals surface area contributed by atoms with Crippen molar-refractivity contribution in [1.29, 1.82) is 0 Å². The van der Waals surface area contributed by atoms with Gasteiger partial charge in [-0.3, -0.25) is 4.79 Å². The number of anilines is 1. The Kier molecular flexibility index (Phi) is 5.58. The third-order valence-electron chi connectivity index (χ3n) is 4.41. The van der Waals surface area contributed by atoms with Gasteiger partial charge in [-0.05, 0) is 49.2 Å². The number of ether oxygens (including phenoxy) is 1. The molecule has 1 amide bonds. The molecule has 0 bridgehead atoms. The number of hydrogen-bond acceptors (Lipinski definition) is 4. The average Bonchev–Trinajstić information content (AvgIpc) is 2.69. The highest BCUT2D eigenvalue weighted by Crippen LogP contribution is 2.24. The molecule has 1 N–H and O–H groups in total.